The molecule has 9 nitrogen and oxygen atoms in total. The Morgan fingerprint density at radius 1 is 0.450 bits per heavy atom. The summed E-state index contributed by atoms with van der Waals surface area (Å²) in [6, 6.07) is -0.896. The molecule has 0 spiro atoms. The van der Waals surface area contributed by atoms with Crippen LogP contribution in [0.15, 0.2) is 60.8 Å². The first-order valence-corrected chi connectivity index (χ1v) is 35.6. The van der Waals surface area contributed by atoms with Gasteiger partial charge >= 0.3 is 5.97 Å². The second-order valence-electron chi connectivity index (χ2n) is 24.3. The number of ether oxygens (including phenoxy) is 1. The van der Waals surface area contributed by atoms with E-state index in [1.807, 2.05) is 33.3 Å². The lowest BCUT2D eigenvalue weighted by molar-refractivity contribution is -0.870. The van der Waals surface area contributed by atoms with Gasteiger partial charge in [0.05, 0.1) is 33.8 Å². The molecule has 1 amide bonds. The number of unbranched alkanes of at least 4 members (excludes halogenated alkanes) is 38. The average Bonchev–Trinajstić information content (AvgIpc) is 3.42. The lowest BCUT2D eigenvalue weighted by atomic mass is 10.0. The van der Waals surface area contributed by atoms with Crippen molar-refractivity contribution < 1.29 is 37.3 Å². The van der Waals surface area contributed by atoms with Gasteiger partial charge in [-0.1, -0.05) is 281 Å². The minimum absolute atomic E-state index is 0.0252. The van der Waals surface area contributed by atoms with Gasteiger partial charge in [0.15, 0.2) is 0 Å². The molecule has 0 bridgehead atoms. The van der Waals surface area contributed by atoms with Gasteiger partial charge in [0.1, 0.15) is 19.3 Å². The fourth-order valence-corrected chi connectivity index (χ4v) is 10.7. The maximum Gasteiger partial charge on any atom is 0.306 e. The Morgan fingerprint density at radius 3 is 1.21 bits per heavy atom. The number of amides is 1. The number of nitrogens with zero attached hydrogens (tertiary/aromatic N) is 1. The highest BCUT2D eigenvalue weighted by Crippen LogP contribution is 2.38. The Kier molecular flexibility index (Phi) is 58.1. The van der Waals surface area contributed by atoms with Gasteiger partial charge in [-0.2, -0.15) is 0 Å². The number of phosphoric ester groups is 1. The number of carbonyl (C=O) groups is 2. The second kappa shape index (κ2) is 59.9. The smallest absolute Gasteiger partial charge is 0.306 e. The van der Waals surface area contributed by atoms with Crippen LogP contribution in [0.25, 0.3) is 0 Å². The van der Waals surface area contributed by atoms with Crippen molar-refractivity contribution in [2.45, 2.75) is 335 Å². The lowest BCUT2D eigenvalue weighted by Crippen LogP contribution is -2.47. The van der Waals surface area contributed by atoms with Crippen LogP contribution in [0.2, 0.25) is 0 Å². The van der Waals surface area contributed by atoms with Gasteiger partial charge in [-0.25, -0.2) is 0 Å². The number of hydrogen-bond acceptors (Lipinski definition) is 7. The predicted molar refractivity (Wildman–Crippen MR) is 344 cm³/mol. The lowest BCUT2D eigenvalue weighted by Gasteiger charge is -2.30. The number of allylic oxidation sites excluding steroid dienone is 9. The third kappa shape index (κ3) is 60.3. The molecule has 0 saturated heterocycles. The van der Waals surface area contributed by atoms with E-state index in [1.165, 1.54) is 186 Å². The SMILES string of the molecule is CC/C=C/C/C=C/C/C=C/CCCCCCCCC(=O)NC(COP(=O)([O-])OCC[N+](C)(C)C)C(/C=C\CCCCCCCCCCCCC)OC(=O)CCCCCCCCCCCCCCCCC/C=C/CCCCCCCC. The molecule has 0 aromatic heterocycles. The van der Waals surface area contributed by atoms with Crippen LogP contribution in [0, 0.1) is 0 Å². The molecule has 0 aromatic rings. The number of hydrogen-bond donors (Lipinski definition) is 1. The Hall–Kier alpha value is -2.29. The van der Waals surface area contributed by atoms with E-state index >= 15 is 0 Å². The summed E-state index contributed by atoms with van der Waals surface area (Å²) in [5.74, 6) is -0.545. The van der Waals surface area contributed by atoms with Crippen LogP contribution in [0.1, 0.15) is 323 Å². The quantitative estimate of drug-likeness (QED) is 0.0212. The van der Waals surface area contributed by atoms with Crippen LogP contribution in [0.3, 0.4) is 0 Å². The molecule has 0 rings (SSSR count). The summed E-state index contributed by atoms with van der Waals surface area (Å²) >= 11 is 0. The van der Waals surface area contributed by atoms with E-state index in [1.54, 1.807) is 0 Å². The Bertz CT molecular complexity index is 1550. The van der Waals surface area contributed by atoms with Crippen molar-refractivity contribution in [1.29, 1.82) is 0 Å². The minimum Gasteiger partial charge on any atom is -0.756 e. The molecule has 80 heavy (non-hydrogen) atoms. The van der Waals surface area contributed by atoms with E-state index in [9.17, 15) is 19.0 Å². The third-order valence-electron chi connectivity index (χ3n) is 15.2. The summed E-state index contributed by atoms with van der Waals surface area (Å²) in [6.45, 7) is 6.75. The number of carbonyl (C=O) groups excluding carboxylic acids is 2. The molecule has 0 aliphatic heterocycles. The van der Waals surface area contributed by atoms with Crippen molar-refractivity contribution in [3.63, 3.8) is 0 Å². The van der Waals surface area contributed by atoms with E-state index < -0.39 is 26.6 Å². The standard InChI is InChI=1S/C70H131N2O7P/c1-7-10-13-16-19-22-25-28-30-32-33-34-35-36-37-38-39-40-42-45-48-51-54-57-60-63-70(74)79-68(61-58-55-52-49-46-43-27-24-21-18-15-12-9-3)67(66-78-80(75,76)77-65-64-72(4,5)6)71-69(73)62-59-56-53-50-47-44-41-31-29-26-23-20-17-14-11-8-2/h11,14,20,23,28-31,58,61,67-68H,7-10,12-13,15-19,21-22,24-27,32-57,59-60,62-66H2,1-6H3,(H-,71,73,75,76)/b14-11+,23-20+,30-28+,31-29+,61-58-. The Labute approximate surface area is 496 Å². The molecule has 468 valence electrons. The summed E-state index contributed by atoms with van der Waals surface area (Å²) in [5, 5.41) is 3.03. The van der Waals surface area contributed by atoms with Gasteiger partial charge < -0.3 is 28.5 Å². The van der Waals surface area contributed by atoms with Crippen LogP contribution in [0.4, 0.5) is 0 Å². The van der Waals surface area contributed by atoms with Crippen LogP contribution in [-0.2, 0) is 27.9 Å². The number of rotatable bonds is 62. The number of quaternary nitrogens is 1. The molecule has 0 fully saturated rings. The second-order valence-corrected chi connectivity index (χ2v) is 25.7. The summed E-state index contributed by atoms with van der Waals surface area (Å²) in [6.07, 6.45) is 76.3. The normalized spacial score (nSPS) is 13.9. The number of likely N-dealkylation sites (N-methyl/N-ethyl adjacent to an activating group) is 1. The summed E-state index contributed by atoms with van der Waals surface area (Å²) < 4.78 is 30.4. The van der Waals surface area contributed by atoms with Crippen LogP contribution >= 0.6 is 7.82 Å². The zero-order chi connectivity index (χ0) is 58.6. The van der Waals surface area contributed by atoms with E-state index in [0.717, 1.165) is 103 Å². The maximum atomic E-state index is 13.6. The molecule has 0 aliphatic carbocycles. The van der Waals surface area contributed by atoms with Crippen LogP contribution in [-0.4, -0.2) is 69.4 Å². The molecular formula is C70H131N2O7P. The molecule has 0 saturated carbocycles. The van der Waals surface area contributed by atoms with Crippen molar-refractivity contribution in [1.82, 2.24) is 5.32 Å². The molecule has 10 heteroatoms. The number of nitrogens with one attached hydrogen (secondary N) is 1. The first kappa shape index (κ1) is 77.7. The van der Waals surface area contributed by atoms with E-state index in [-0.39, 0.29) is 24.9 Å². The summed E-state index contributed by atoms with van der Waals surface area (Å²) in [4.78, 5) is 40.1. The zero-order valence-corrected chi connectivity index (χ0v) is 54.4. The van der Waals surface area contributed by atoms with Gasteiger partial charge in [-0.3, -0.25) is 14.2 Å². The molecule has 3 unspecified atom stereocenters. The molecule has 0 aliphatic rings. The van der Waals surface area contributed by atoms with Crippen molar-refractivity contribution in [3.05, 3.63) is 60.8 Å². The number of esters is 1. The third-order valence-corrected chi connectivity index (χ3v) is 16.1. The van der Waals surface area contributed by atoms with Crippen LogP contribution < -0.4 is 10.2 Å². The fraction of sp³-hybridized carbons (Fsp3) is 0.829. The molecule has 0 aromatic carbocycles. The van der Waals surface area contributed by atoms with Gasteiger partial charge in [0.25, 0.3) is 7.82 Å². The maximum absolute atomic E-state index is 13.6. The molecule has 0 heterocycles. The van der Waals surface area contributed by atoms with Crippen molar-refractivity contribution in [3.8, 4) is 0 Å². The summed E-state index contributed by atoms with van der Waals surface area (Å²) in [7, 11) is 1.18. The zero-order valence-electron chi connectivity index (χ0n) is 53.5. The first-order valence-electron chi connectivity index (χ1n) is 34.1. The predicted octanol–water partition coefficient (Wildman–Crippen LogP) is 20.8. The van der Waals surface area contributed by atoms with E-state index in [4.69, 9.17) is 13.8 Å². The monoisotopic (exact) mass is 1140 g/mol. The van der Waals surface area contributed by atoms with Gasteiger partial charge in [0.2, 0.25) is 5.91 Å². The molecule has 0 radical (unpaired) electrons. The molecule has 1 N–H and O–H groups in total. The fourth-order valence-electron chi connectivity index (χ4n) is 9.95. The topological polar surface area (TPSA) is 114 Å². The van der Waals surface area contributed by atoms with Crippen molar-refractivity contribution in [2.75, 3.05) is 40.9 Å². The van der Waals surface area contributed by atoms with Gasteiger partial charge in [0, 0.05) is 12.8 Å². The van der Waals surface area contributed by atoms with E-state index in [0.29, 0.717) is 17.4 Å². The highest BCUT2D eigenvalue weighted by molar-refractivity contribution is 7.45. The van der Waals surface area contributed by atoms with Crippen molar-refractivity contribution in [2.24, 2.45) is 0 Å². The molecule has 3 atom stereocenters. The largest absolute Gasteiger partial charge is 0.756 e. The number of phosphoric acid groups is 1. The average molecular weight is 1140 g/mol. The van der Waals surface area contributed by atoms with E-state index in [2.05, 4.69) is 74.7 Å². The Balaban J connectivity index is 5.10. The molecular weight excluding hydrogens is 1010 g/mol. The highest BCUT2D eigenvalue weighted by Gasteiger charge is 2.27. The first-order chi connectivity index (χ1) is 38.9. The summed E-state index contributed by atoms with van der Waals surface area (Å²) in [5.41, 5.74) is 0. The van der Waals surface area contributed by atoms with Crippen LogP contribution in [0.5, 0.6) is 0 Å². The highest BCUT2D eigenvalue weighted by atomic mass is 31.2. The van der Waals surface area contributed by atoms with Crippen molar-refractivity contribution >= 4 is 19.7 Å². The van der Waals surface area contributed by atoms with Gasteiger partial charge in [-0.15, -0.1) is 0 Å². The minimum atomic E-state index is -4.71. The van der Waals surface area contributed by atoms with Gasteiger partial charge in [-0.05, 0) is 89.5 Å². The Morgan fingerprint density at radius 2 is 0.800 bits per heavy atom.